The smallest absolute Gasteiger partial charge is 0.409 e. The quantitative estimate of drug-likeness (QED) is 0.174. The van der Waals surface area contributed by atoms with Gasteiger partial charge in [0.2, 0.25) is 5.91 Å². The van der Waals surface area contributed by atoms with E-state index in [9.17, 15) is 9.59 Å². The van der Waals surface area contributed by atoms with Crippen molar-refractivity contribution in [3.8, 4) is 0 Å². The van der Waals surface area contributed by atoms with Crippen molar-refractivity contribution in [1.29, 1.82) is 0 Å². The van der Waals surface area contributed by atoms with Crippen LogP contribution in [0.4, 0.5) is 4.79 Å². The molecule has 2 amide bonds. The first-order valence-electron chi connectivity index (χ1n) is 11.5. The number of rotatable bonds is 9. The predicted octanol–water partition coefficient (Wildman–Crippen LogP) is 1.76. The van der Waals surface area contributed by atoms with Gasteiger partial charge in [0.05, 0.1) is 6.61 Å². The Labute approximate surface area is 203 Å². The van der Waals surface area contributed by atoms with Gasteiger partial charge in [0.15, 0.2) is 5.96 Å². The summed E-state index contributed by atoms with van der Waals surface area (Å²) in [5, 5.41) is 6.83. The Balaban J connectivity index is 0.00000480. The fourth-order valence-corrected chi connectivity index (χ4v) is 4.01. The number of nitrogens with one attached hydrogen (secondary N) is 2. The van der Waals surface area contributed by atoms with E-state index >= 15 is 0 Å². The van der Waals surface area contributed by atoms with Gasteiger partial charge in [-0.05, 0) is 72.0 Å². The number of ether oxygens (including phenoxy) is 1. The molecular formula is C21H41IN6O3. The number of aliphatic imine (C=N–C) groups is 1. The van der Waals surface area contributed by atoms with Crippen molar-refractivity contribution >= 4 is 41.9 Å². The van der Waals surface area contributed by atoms with Crippen LogP contribution in [0, 0.1) is 5.92 Å². The maximum atomic E-state index is 11.8. The number of carbonyl (C=O) groups is 2. The van der Waals surface area contributed by atoms with Crippen LogP contribution in [-0.2, 0) is 9.53 Å². The molecule has 180 valence electrons. The van der Waals surface area contributed by atoms with E-state index < -0.39 is 0 Å². The van der Waals surface area contributed by atoms with Crippen molar-refractivity contribution in [2.24, 2.45) is 16.6 Å². The minimum atomic E-state index is -0.213. The highest BCUT2D eigenvalue weighted by Gasteiger charge is 2.24. The van der Waals surface area contributed by atoms with Crippen molar-refractivity contribution in [3.05, 3.63) is 0 Å². The molecule has 2 rings (SSSR count). The average molecular weight is 553 g/mol. The minimum absolute atomic E-state index is 0. The van der Waals surface area contributed by atoms with E-state index in [-0.39, 0.29) is 41.9 Å². The van der Waals surface area contributed by atoms with Gasteiger partial charge in [-0.25, -0.2) is 4.79 Å². The third kappa shape index (κ3) is 10.2. The Hall–Kier alpha value is -1.30. The second-order valence-electron chi connectivity index (χ2n) is 8.09. The van der Waals surface area contributed by atoms with Crippen molar-refractivity contribution < 1.29 is 14.3 Å². The molecule has 0 saturated carbocycles. The first kappa shape index (κ1) is 27.7. The number of guanidine groups is 1. The van der Waals surface area contributed by atoms with Crippen LogP contribution in [0.1, 0.15) is 52.4 Å². The number of nitrogens with two attached hydrogens (primary N) is 1. The highest BCUT2D eigenvalue weighted by Crippen LogP contribution is 2.17. The van der Waals surface area contributed by atoms with Gasteiger partial charge in [-0.3, -0.25) is 9.79 Å². The Kier molecular flexibility index (Phi) is 13.9. The number of piperidine rings is 2. The fourth-order valence-electron chi connectivity index (χ4n) is 4.01. The zero-order chi connectivity index (χ0) is 21.8. The molecule has 0 aromatic rings. The summed E-state index contributed by atoms with van der Waals surface area (Å²) < 4.78 is 5.08. The molecule has 2 heterocycles. The standard InChI is InChI=1S/C21H40N6O3.HI/c1-3-23-20(25-18-9-15-27(16-10-18)21(29)30-4-2)24-11-5-6-12-26-13-7-17(8-14-26)19(22)28;/h17-18H,3-16H2,1-2H3,(H2,22,28)(H2,23,24,25);1H. The molecule has 0 radical (unpaired) electrons. The summed E-state index contributed by atoms with van der Waals surface area (Å²) in [4.78, 5) is 32.0. The zero-order valence-electron chi connectivity index (χ0n) is 19.1. The van der Waals surface area contributed by atoms with Crippen LogP contribution in [0.3, 0.4) is 0 Å². The van der Waals surface area contributed by atoms with E-state index in [0.29, 0.717) is 25.7 Å². The van der Waals surface area contributed by atoms with E-state index in [0.717, 1.165) is 77.2 Å². The van der Waals surface area contributed by atoms with Crippen LogP contribution < -0.4 is 16.4 Å². The third-order valence-corrected chi connectivity index (χ3v) is 5.85. The molecule has 0 spiro atoms. The van der Waals surface area contributed by atoms with Gasteiger partial charge in [0.1, 0.15) is 0 Å². The second-order valence-corrected chi connectivity index (χ2v) is 8.09. The molecular weight excluding hydrogens is 511 g/mol. The van der Waals surface area contributed by atoms with E-state index in [1.54, 1.807) is 4.90 Å². The lowest BCUT2D eigenvalue weighted by Crippen LogP contribution is -2.49. The maximum Gasteiger partial charge on any atom is 0.409 e. The molecule has 10 heteroatoms. The average Bonchev–Trinajstić information content (AvgIpc) is 2.74. The largest absolute Gasteiger partial charge is 0.450 e. The fraction of sp³-hybridized carbons (Fsp3) is 0.857. The molecule has 0 aliphatic carbocycles. The number of unbranched alkanes of at least 4 members (excludes halogenated alkanes) is 1. The van der Waals surface area contributed by atoms with Gasteiger partial charge in [-0.2, -0.15) is 0 Å². The molecule has 2 fully saturated rings. The summed E-state index contributed by atoms with van der Waals surface area (Å²) >= 11 is 0. The molecule has 0 aromatic heterocycles. The molecule has 31 heavy (non-hydrogen) atoms. The van der Waals surface area contributed by atoms with Crippen LogP contribution in [0.15, 0.2) is 4.99 Å². The summed E-state index contributed by atoms with van der Waals surface area (Å²) in [6.45, 7) is 10.3. The van der Waals surface area contributed by atoms with Gasteiger partial charge >= 0.3 is 6.09 Å². The summed E-state index contributed by atoms with van der Waals surface area (Å²) in [6.07, 6.45) is 5.48. The summed E-state index contributed by atoms with van der Waals surface area (Å²) in [5.74, 6) is 0.761. The van der Waals surface area contributed by atoms with Gasteiger partial charge in [-0.15, -0.1) is 24.0 Å². The van der Waals surface area contributed by atoms with E-state index in [2.05, 4.69) is 22.5 Å². The van der Waals surface area contributed by atoms with Crippen LogP contribution in [-0.4, -0.2) is 86.2 Å². The van der Waals surface area contributed by atoms with Crippen molar-refractivity contribution in [3.63, 3.8) is 0 Å². The molecule has 9 nitrogen and oxygen atoms in total. The second kappa shape index (κ2) is 15.5. The molecule has 0 atom stereocenters. The van der Waals surface area contributed by atoms with Crippen molar-refractivity contribution in [2.45, 2.75) is 58.4 Å². The zero-order valence-corrected chi connectivity index (χ0v) is 21.4. The number of hydrogen-bond donors (Lipinski definition) is 3. The number of hydrogen-bond acceptors (Lipinski definition) is 5. The van der Waals surface area contributed by atoms with Crippen molar-refractivity contribution in [1.82, 2.24) is 20.4 Å². The topological polar surface area (TPSA) is 112 Å². The lowest BCUT2D eigenvalue weighted by Gasteiger charge is -2.32. The molecule has 2 saturated heterocycles. The highest BCUT2D eigenvalue weighted by molar-refractivity contribution is 14.0. The van der Waals surface area contributed by atoms with Gasteiger partial charge in [0.25, 0.3) is 0 Å². The normalized spacial score (nSPS) is 18.9. The number of likely N-dealkylation sites (tertiary alicyclic amines) is 2. The first-order chi connectivity index (χ1) is 14.5. The molecule has 0 aromatic carbocycles. The number of amides is 2. The number of halogens is 1. The Morgan fingerprint density at radius 2 is 1.74 bits per heavy atom. The van der Waals surface area contributed by atoms with Crippen LogP contribution in [0.5, 0.6) is 0 Å². The van der Waals surface area contributed by atoms with Gasteiger partial charge in [0, 0.05) is 38.1 Å². The minimum Gasteiger partial charge on any atom is -0.450 e. The molecule has 2 aliphatic rings. The van der Waals surface area contributed by atoms with Crippen molar-refractivity contribution in [2.75, 3.05) is 52.4 Å². The third-order valence-electron chi connectivity index (χ3n) is 5.85. The Bertz CT molecular complexity index is 561. The number of nitrogens with zero attached hydrogens (tertiary/aromatic N) is 3. The lowest BCUT2D eigenvalue weighted by atomic mass is 9.96. The van der Waals surface area contributed by atoms with Crippen LogP contribution in [0.2, 0.25) is 0 Å². The molecule has 0 unspecified atom stereocenters. The Morgan fingerprint density at radius 1 is 1.06 bits per heavy atom. The van der Waals surface area contributed by atoms with Crippen LogP contribution in [0.25, 0.3) is 0 Å². The van der Waals surface area contributed by atoms with E-state index in [1.807, 2.05) is 6.92 Å². The molecule has 0 bridgehead atoms. The highest BCUT2D eigenvalue weighted by atomic mass is 127. The van der Waals surface area contributed by atoms with Gasteiger partial charge < -0.3 is 30.9 Å². The first-order valence-corrected chi connectivity index (χ1v) is 11.5. The number of primary amides is 1. The monoisotopic (exact) mass is 552 g/mol. The van der Waals surface area contributed by atoms with Crippen LogP contribution >= 0.6 is 24.0 Å². The van der Waals surface area contributed by atoms with E-state index in [1.165, 1.54) is 0 Å². The molecule has 2 aliphatic heterocycles. The van der Waals surface area contributed by atoms with Gasteiger partial charge in [-0.1, -0.05) is 0 Å². The Morgan fingerprint density at radius 3 is 2.32 bits per heavy atom. The van der Waals surface area contributed by atoms with E-state index in [4.69, 9.17) is 15.5 Å². The SMILES string of the molecule is CCNC(=NCCCCN1CCC(C(N)=O)CC1)NC1CCN(C(=O)OCC)CC1.I. The maximum absolute atomic E-state index is 11.8. The molecule has 4 N–H and O–H groups in total. The lowest BCUT2D eigenvalue weighted by molar-refractivity contribution is -0.123. The summed E-state index contributed by atoms with van der Waals surface area (Å²) in [6, 6.07) is 0.319. The predicted molar refractivity (Wildman–Crippen MR) is 134 cm³/mol. The summed E-state index contributed by atoms with van der Waals surface area (Å²) in [7, 11) is 0. The number of carbonyl (C=O) groups excluding carboxylic acids is 2. The summed E-state index contributed by atoms with van der Waals surface area (Å²) in [5.41, 5.74) is 5.40.